The number of allylic oxidation sites excluding steroid dienone is 8. The van der Waals surface area contributed by atoms with Crippen molar-refractivity contribution >= 4 is 11.9 Å². The van der Waals surface area contributed by atoms with E-state index in [0.29, 0.717) is 39.1 Å². The van der Waals surface area contributed by atoms with Crippen LogP contribution in [-0.4, -0.2) is 49.7 Å². The van der Waals surface area contributed by atoms with Crippen LogP contribution >= 0.6 is 0 Å². The molecule has 0 N–H and O–H groups in total. The van der Waals surface area contributed by atoms with Gasteiger partial charge in [-0.05, 0) is 90.0 Å². The van der Waals surface area contributed by atoms with E-state index in [9.17, 15) is 9.59 Å². The van der Waals surface area contributed by atoms with E-state index in [1.807, 2.05) is 0 Å². The van der Waals surface area contributed by atoms with E-state index in [0.717, 1.165) is 64.3 Å². The Bertz CT molecular complexity index is 752. The molecule has 0 aromatic carbocycles. The molecular formula is C43H77NO4. The van der Waals surface area contributed by atoms with Gasteiger partial charge in [-0.1, -0.05) is 134 Å². The summed E-state index contributed by atoms with van der Waals surface area (Å²) in [5, 5.41) is 0. The van der Waals surface area contributed by atoms with Gasteiger partial charge >= 0.3 is 11.9 Å². The molecule has 0 bridgehead atoms. The number of unbranched alkanes of at least 4 members (excludes halogenated alkanes) is 16. The van der Waals surface area contributed by atoms with Crippen molar-refractivity contribution in [2.75, 3.05) is 32.8 Å². The quantitative estimate of drug-likeness (QED) is 0.0377. The van der Waals surface area contributed by atoms with Crippen LogP contribution in [0.2, 0.25) is 0 Å². The molecule has 0 spiro atoms. The zero-order chi connectivity index (χ0) is 35.0. The fourth-order valence-electron chi connectivity index (χ4n) is 5.53. The van der Waals surface area contributed by atoms with Crippen molar-refractivity contribution < 1.29 is 19.1 Å². The molecule has 0 aliphatic carbocycles. The highest BCUT2D eigenvalue weighted by atomic mass is 16.5. The van der Waals surface area contributed by atoms with Gasteiger partial charge in [0.1, 0.15) is 13.2 Å². The third kappa shape index (κ3) is 36.7. The number of hydrogen-bond acceptors (Lipinski definition) is 5. The number of rotatable bonds is 36. The lowest BCUT2D eigenvalue weighted by molar-refractivity contribution is -0.144. The second-order valence-corrected chi connectivity index (χ2v) is 13.2. The SMILES string of the molecule is CCCCC/C=C\C/C=C\CCCCCCCC(=O)OCCN(CCC)CCOC(=O)CCCCCCC/C=C\C/C=C\CCCCC. The van der Waals surface area contributed by atoms with E-state index < -0.39 is 0 Å². The predicted octanol–water partition coefficient (Wildman–Crippen LogP) is 12.4. The average Bonchev–Trinajstić information content (AvgIpc) is 3.08. The lowest BCUT2D eigenvalue weighted by Crippen LogP contribution is -2.32. The first-order valence-electron chi connectivity index (χ1n) is 20.3. The van der Waals surface area contributed by atoms with Gasteiger partial charge in [-0.15, -0.1) is 0 Å². The summed E-state index contributed by atoms with van der Waals surface area (Å²) < 4.78 is 11.0. The van der Waals surface area contributed by atoms with E-state index in [1.165, 1.54) is 89.9 Å². The Labute approximate surface area is 298 Å². The van der Waals surface area contributed by atoms with Gasteiger partial charge in [0.25, 0.3) is 0 Å². The van der Waals surface area contributed by atoms with Crippen LogP contribution in [-0.2, 0) is 19.1 Å². The highest BCUT2D eigenvalue weighted by Gasteiger charge is 2.09. The Morgan fingerprint density at radius 2 is 0.771 bits per heavy atom. The van der Waals surface area contributed by atoms with Gasteiger partial charge in [-0.3, -0.25) is 14.5 Å². The maximum Gasteiger partial charge on any atom is 0.305 e. The molecule has 48 heavy (non-hydrogen) atoms. The van der Waals surface area contributed by atoms with E-state index in [-0.39, 0.29) is 11.9 Å². The van der Waals surface area contributed by atoms with Gasteiger partial charge in [0.2, 0.25) is 0 Å². The van der Waals surface area contributed by atoms with Gasteiger partial charge in [0.15, 0.2) is 0 Å². The lowest BCUT2D eigenvalue weighted by Gasteiger charge is -2.21. The maximum atomic E-state index is 12.2. The third-order valence-electron chi connectivity index (χ3n) is 8.54. The molecule has 0 aromatic rings. The molecule has 0 atom stereocenters. The first kappa shape index (κ1) is 45.9. The summed E-state index contributed by atoms with van der Waals surface area (Å²) in [5.74, 6) is -0.193. The van der Waals surface area contributed by atoms with Crippen LogP contribution in [0, 0.1) is 0 Å². The first-order valence-corrected chi connectivity index (χ1v) is 20.3. The monoisotopic (exact) mass is 672 g/mol. The Morgan fingerprint density at radius 1 is 0.417 bits per heavy atom. The van der Waals surface area contributed by atoms with Crippen molar-refractivity contribution in [2.24, 2.45) is 0 Å². The standard InChI is InChI=1S/C43H77NO4/c1-4-7-9-11-13-15-17-19-21-23-25-27-29-31-33-35-42(45)47-40-38-44(37-6-3)39-41-48-43(46)36-34-32-30-28-26-24-22-20-18-16-14-12-10-8-5-2/h13-16,19-22H,4-12,17-18,23-41H2,1-3H3/b15-13-,16-14-,21-19-,22-20-. The van der Waals surface area contributed by atoms with Crippen molar-refractivity contribution in [3.63, 3.8) is 0 Å². The van der Waals surface area contributed by atoms with Crippen LogP contribution < -0.4 is 0 Å². The zero-order valence-electron chi connectivity index (χ0n) is 31.9. The van der Waals surface area contributed by atoms with Crippen molar-refractivity contribution in [3.8, 4) is 0 Å². The number of nitrogens with zero attached hydrogens (tertiary/aromatic N) is 1. The third-order valence-corrected chi connectivity index (χ3v) is 8.54. The van der Waals surface area contributed by atoms with Crippen LogP contribution in [0.5, 0.6) is 0 Å². The van der Waals surface area contributed by atoms with Gasteiger partial charge in [0.05, 0.1) is 0 Å². The molecule has 0 saturated heterocycles. The molecule has 0 unspecified atom stereocenters. The second kappa shape index (κ2) is 39.3. The average molecular weight is 672 g/mol. The van der Waals surface area contributed by atoms with Gasteiger partial charge in [-0.2, -0.15) is 0 Å². The van der Waals surface area contributed by atoms with Crippen LogP contribution in [0.1, 0.15) is 181 Å². The van der Waals surface area contributed by atoms with Crippen LogP contribution in [0.3, 0.4) is 0 Å². The fourth-order valence-corrected chi connectivity index (χ4v) is 5.53. The minimum Gasteiger partial charge on any atom is -0.464 e. The summed E-state index contributed by atoms with van der Waals surface area (Å²) in [7, 11) is 0. The molecule has 0 aromatic heterocycles. The molecule has 0 saturated carbocycles. The summed E-state index contributed by atoms with van der Waals surface area (Å²) in [6.45, 7) is 9.71. The summed E-state index contributed by atoms with van der Waals surface area (Å²) in [5.41, 5.74) is 0. The minimum absolute atomic E-state index is 0.0963. The molecule has 5 heteroatoms. The highest BCUT2D eigenvalue weighted by molar-refractivity contribution is 5.69. The molecule has 0 radical (unpaired) electrons. The summed E-state index contributed by atoms with van der Waals surface area (Å²) in [6.07, 6.45) is 46.3. The largest absolute Gasteiger partial charge is 0.464 e. The van der Waals surface area contributed by atoms with E-state index in [1.54, 1.807) is 0 Å². The van der Waals surface area contributed by atoms with Gasteiger partial charge in [-0.25, -0.2) is 0 Å². The molecule has 5 nitrogen and oxygen atoms in total. The molecule has 0 rings (SSSR count). The van der Waals surface area contributed by atoms with Crippen molar-refractivity contribution in [1.82, 2.24) is 4.90 Å². The van der Waals surface area contributed by atoms with Crippen molar-refractivity contribution in [3.05, 3.63) is 48.6 Å². The Kier molecular flexibility index (Phi) is 37.5. The number of ether oxygens (including phenoxy) is 2. The van der Waals surface area contributed by atoms with E-state index in [2.05, 4.69) is 74.3 Å². The van der Waals surface area contributed by atoms with Crippen LogP contribution in [0.15, 0.2) is 48.6 Å². The Hall–Kier alpha value is -2.14. The molecule has 0 amide bonds. The second-order valence-electron chi connectivity index (χ2n) is 13.2. The topological polar surface area (TPSA) is 55.8 Å². The number of hydrogen-bond donors (Lipinski definition) is 0. The highest BCUT2D eigenvalue weighted by Crippen LogP contribution is 2.10. The van der Waals surface area contributed by atoms with Crippen molar-refractivity contribution in [2.45, 2.75) is 181 Å². The van der Waals surface area contributed by atoms with Crippen LogP contribution in [0.25, 0.3) is 0 Å². The predicted molar refractivity (Wildman–Crippen MR) is 207 cm³/mol. The zero-order valence-corrected chi connectivity index (χ0v) is 31.9. The number of esters is 2. The number of carbonyl (C=O) groups excluding carboxylic acids is 2. The van der Waals surface area contributed by atoms with Crippen LogP contribution in [0.4, 0.5) is 0 Å². The van der Waals surface area contributed by atoms with E-state index >= 15 is 0 Å². The molecule has 278 valence electrons. The minimum atomic E-state index is -0.0963. The molecule has 0 aliphatic rings. The van der Waals surface area contributed by atoms with Gasteiger partial charge < -0.3 is 9.47 Å². The fraction of sp³-hybridized carbons (Fsp3) is 0.767. The van der Waals surface area contributed by atoms with Gasteiger partial charge in [0, 0.05) is 25.9 Å². The molecule has 0 fully saturated rings. The molecule has 0 aliphatic heterocycles. The summed E-state index contributed by atoms with van der Waals surface area (Å²) >= 11 is 0. The smallest absolute Gasteiger partial charge is 0.305 e. The lowest BCUT2D eigenvalue weighted by atomic mass is 10.1. The molecule has 0 heterocycles. The number of carbonyl (C=O) groups is 2. The van der Waals surface area contributed by atoms with E-state index in [4.69, 9.17) is 9.47 Å². The summed E-state index contributed by atoms with van der Waals surface area (Å²) in [4.78, 5) is 26.6. The molecular weight excluding hydrogens is 594 g/mol. The normalized spacial score (nSPS) is 12.1. The Morgan fingerprint density at radius 3 is 1.15 bits per heavy atom. The van der Waals surface area contributed by atoms with Crippen molar-refractivity contribution in [1.29, 1.82) is 0 Å². The maximum absolute atomic E-state index is 12.2. The summed E-state index contributed by atoms with van der Waals surface area (Å²) in [6, 6.07) is 0. The first-order chi connectivity index (χ1) is 23.6. The Balaban J connectivity index is 3.68.